The Balaban J connectivity index is 2.28. The number of ether oxygens (including phenoxy) is 3. The number of methoxy groups -OCH3 is 2. The van der Waals surface area contributed by atoms with Gasteiger partial charge in [-0.3, -0.25) is 10.1 Å². The molecule has 0 aliphatic carbocycles. The molecular formula is C22H23NO8. The van der Waals surface area contributed by atoms with Gasteiger partial charge in [-0.25, -0.2) is 9.59 Å². The number of ketones is 1. The van der Waals surface area contributed by atoms with Crippen molar-refractivity contribution in [3.63, 3.8) is 0 Å². The molecule has 2 aromatic carbocycles. The molecule has 0 saturated heterocycles. The van der Waals surface area contributed by atoms with Crippen LogP contribution in [0.1, 0.15) is 28.9 Å². The predicted octanol–water partition coefficient (Wildman–Crippen LogP) is 3.55. The van der Waals surface area contributed by atoms with E-state index in [-0.39, 0.29) is 17.3 Å². The van der Waals surface area contributed by atoms with Crippen LogP contribution in [0.5, 0.6) is 11.5 Å². The van der Waals surface area contributed by atoms with Crippen LogP contribution in [0.4, 0.5) is 10.5 Å². The molecule has 0 spiro atoms. The van der Waals surface area contributed by atoms with Crippen LogP contribution in [-0.2, 0) is 14.3 Å². The summed E-state index contributed by atoms with van der Waals surface area (Å²) in [5.41, 5.74) is 1.23. The van der Waals surface area contributed by atoms with Gasteiger partial charge in [0.1, 0.15) is 6.10 Å². The second kappa shape index (κ2) is 10.8. The SMILES string of the molecule is COc1ccc([C@@H](OC(=O)Nc2ccc(C(C)=O)cc2)[C@@H](/C=C/C(=O)O)OC)cc1O. The summed E-state index contributed by atoms with van der Waals surface area (Å²) in [6.07, 6.45) is -0.805. The molecule has 2 rings (SSSR count). The molecule has 0 aliphatic rings. The third-order valence-electron chi connectivity index (χ3n) is 4.30. The van der Waals surface area contributed by atoms with Crippen molar-refractivity contribution in [2.24, 2.45) is 0 Å². The number of phenolic OH excluding ortho intramolecular Hbond substituents is 1. The van der Waals surface area contributed by atoms with Gasteiger partial charge in [0.25, 0.3) is 0 Å². The van der Waals surface area contributed by atoms with Crippen LogP contribution in [0.3, 0.4) is 0 Å². The van der Waals surface area contributed by atoms with Crippen molar-refractivity contribution in [2.45, 2.75) is 19.1 Å². The van der Waals surface area contributed by atoms with Crippen molar-refractivity contribution < 1.29 is 38.8 Å². The molecule has 9 heteroatoms. The fourth-order valence-corrected chi connectivity index (χ4v) is 2.74. The molecule has 0 radical (unpaired) electrons. The van der Waals surface area contributed by atoms with Crippen LogP contribution in [0.2, 0.25) is 0 Å². The van der Waals surface area contributed by atoms with E-state index in [1.165, 1.54) is 39.4 Å². The molecule has 2 atom stereocenters. The Kier molecular flexibility index (Phi) is 8.16. The number of benzene rings is 2. The number of nitrogens with one attached hydrogen (secondary N) is 1. The highest BCUT2D eigenvalue weighted by Gasteiger charge is 2.27. The second-order valence-corrected chi connectivity index (χ2v) is 6.41. The molecule has 0 saturated carbocycles. The molecule has 0 aromatic heterocycles. The summed E-state index contributed by atoms with van der Waals surface area (Å²) in [6.45, 7) is 1.43. The van der Waals surface area contributed by atoms with Gasteiger partial charge in [0.15, 0.2) is 23.4 Å². The molecule has 0 heterocycles. The van der Waals surface area contributed by atoms with Crippen LogP contribution in [0.15, 0.2) is 54.6 Å². The molecule has 3 N–H and O–H groups in total. The van der Waals surface area contributed by atoms with Gasteiger partial charge in [-0.1, -0.05) is 6.07 Å². The van der Waals surface area contributed by atoms with E-state index < -0.39 is 24.3 Å². The Morgan fingerprint density at radius 2 is 1.74 bits per heavy atom. The fourth-order valence-electron chi connectivity index (χ4n) is 2.74. The van der Waals surface area contributed by atoms with E-state index in [9.17, 15) is 19.5 Å². The smallest absolute Gasteiger partial charge is 0.412 e. The molecule has 164 valence electrons. The highest BCUT2D eigenvalue weighted by molar-refractivity contribution is 5.95. The summed E-state index contributed by atoms with van der Waals surface area (Å²) in [4.78, 5) is 34.8. The Labute approximate surface area is 178 Å². The molecule has 31 heavy (non-hydrogen) atoms. The van der Waals surface area contributed by atoms with Gasteiger partial charge < -0.3 is 24.4 Å². The molecule has 0 bridgehead atoms. The lowest BCUT2D eigenvalue weighted by atomic mass is 10.0. The number of aromatic hydroxyl groups is 1. The van der Waals surface area contributed by atoms with E-state index in [2.05, 4.69) is 5.32 Å². The van der Waals surface area contributed by atoms with E-state index in [0.29, 0.717) is 16.8 Å². The van der Waals surface area contributed by atoms with Crippen molar-refractivity contribution in [2.75, 3.05) is 19.5 Å². The number of carboxylic acids is 1. The zero-order valence-electron chi connectivity index (χ0n) is 17.2. The normalized spacial score (nSPS) is 12.7. The summed E-state index contributed by atoms with van der Waals surface area (Å²) >= 11 is 0. The molecular weight excluding hydrogens is 406 g/mol. The third kappa shape index (κ3) is 6.58. The largest absolute Gasteiger partial charge is 0.504 e. The molecule has 9 nitrogen and oxygen atoms in total. The molecule has 0 aliphatic heterocycles. The third-order valence-corrected chi connectivity index (χ3v) is 4.30. The lowest BCUT2D eigenvalue weighted by Gasteiger charge is -2.24. The summed E-state index contributed by atoms with van der Waals surface area (Å²) in [5, 5.41) is 21.5. The number of phenols is 1. The lowest BCUT2D eigenvalue weighted by Crippen LogP contribution is -2.27. The van der Waals surface area contributed by atoms with Crippen molar-refractivity contribution in [3.8, 4) is 11.5 Å². The molecule has 0 unspecified atom stereocenters. The second-order valence-electron chi connectivity index (χ2n) is 6.41. The Bertz CT molecular complexity index is 968. The zero-order valence-corrected chi connectivity index (χ0v) is 17.2. The summed E-state index contributed by atoms with van der Waals surface area (Å²) in [5.74, 6) is -1.28. The van der Waals surface area contributed by atoms with Crippen molar-refractivity contribution >= 4 is 23.5 Å². The first-order chi connectivity index (χ1) is 14.7. The van der Waals surface area contributed by atoms with Gasteiger partial charge in [-0.2, -0.15) is 0 Å². The summed E-state index contributed by atoms with van der Waals surface area (Å²) in [6, 6.07) is 10.6. The molecule has 0 fully saturated rings. The fraction of sp³-hybridized carbons (Fsp3) is 0.227. The van der Waals surface area contributed by atoms with E-state index in [1.54, 1.807) is 30.3 Å². The number of carboxylic acid groups (broad SMARTS) is 1. The Morgan fingerprint density at radius 1 is 1.06 bits per heavy atom. The first-order valence-corrected chi connectivity index (χ1v) is 9.14. The average Bonchev–Trinajstić information content (AvgIpc) is 2.73. The standard InChI is InChI=1S/C22H23NO8/c1-13(24)14-4-7-16(8-5-14)23-22(28)31-21(19(30-3)10-11-20(26)27)15-6-9-18(29-2)17(25)12-15/h4-12,19,21,25H,1-3H3,(H,23,28)(H,26,27)/b11-10+/t19-,21-/m1/s1. The first kappa shape index (κ1) is 23.4. The summed E-state index contributed by atoms with van der Waals surface area (Å²) < 4.78 is 15.8. The van der Waals surface area contributed by atoms with Crippen molar-refractivity contribution in [1.29, 1.82) is 0 Å². The minimum absolute atomic E-state index is 0.110. The quantitative estimate of drug-likeness (QED) is 0.407. The highest BCUT2D eigenvalue weighted by atomic mass is 16.6. The number of rotatable bonds is 9. The predicted molar refractivity (Wildman–Crippen MR) is 112 cm³/mol. The van der Waals surface area contributed by atoms with E-state index in [1.807, 2.05) is 0 Å². The van der Waals surface area contributed by atoms with Gasteiger partial charge >= 0.3 is 12.1 Å². The van der Waals surface area contributed by atoms with Crippen LogP contribution < -0.4 is 10.1 Å². The number of hydrogen-bond acceptors (Lipinski definition) is 7. The number of anilines is 1. The highest BCUT2D eigenvalue weighted by Crippen LogP contribution is 2.33. The molecule has 2 aromatic rings. The Morgan fingerprint density at radius 3 is 2.26 bits per heavy atom. The minimum Gasteiger partial charge on any atom is -0.504 e. The van der Waals surface area contributed by atoms with Crippen molar-refractivity contribution in [3.05, 3.63) is 65.7 Å². The van der Waals surface area contributed by atoms with Crippen molar-refractivity contribution in [1.82, 2.24) is 0 Å². The minimum atomic E-state index is -1.20. The average molecular weight is 429 g/mol. The Hall–Kier alpha value is -3.85. The maximum atomic E-state index is 12.5. The van der Waals surface area contributed by atoms with E-state index >= 15 is 0 Å². The first-order valence-electron chi connectivity index (χ1n) is 9.14. The van der Waals surface area contributed by atoms with E-state index in [0.717, 1.165) is 6.08 Å². The number of amides is 1. The van der Waals surface area contributed by atoms with Crippen LogP contribution >= 0.6 is 0 Å². The topological polar surface area (TPSA) is 131 Å². The summed E-state index contributed by atoms with van der Waals surface area (Å²) in [7, 11) is 2.72. The number of aliphatic carboxylic acids is 1. The van der Waals surface area contributed by atoms with Gasteiger partial charge in [0.05, 0.1) is 7.11 Å². The maximum absolute atomic E-state index is 12.5. The lowest BCUT2D eigenvalue weighted by molar-refractivity contribution is -0.131. The number of carbonyl (C=O) groups excluding carboxylic acids is 2. The van der Waals surface area contributed by atoms with Gasteiger partial charge in [-0.05, 0) is 55.0 Å². The molecule has 1 amide bonds. The van der Waals surface area contributed by atoms with Crippen LogP contribution in [-0.4, -0.2) is 48.4 Å². The number of carbonyl (C=O) groups is 3. The van der Waals surface area contributed by atoms with Gasteiger partial charge in [0, 0.05) is 24.4 Å². The maximum Gasteiger partial charge on any atom is 0.412 e. The van der Waals surface area contributed by atoms with Gasteiger partial charge in [-0.15, -0.1) is 0 Å². The monoisotopic (exact) mass is 429 g/mol. The van der Waals surface area contributed by atoms with Crippen LogP contribution in [0.25, 0.3) is 0 Å². The number of hydrogen-bond donors (Lipinski definition) is 3. The van der Waals surface area contributed by atoms with E-state index in [4.69, 9.17) is 19.3 Å². The number of Topliss-reactive ketones (excluding diaryl/α,β-unsaturated/α-hetero) is 1. The zero-order chi connectivity index (χ0) is 23.0. The van der Waals surface area contributed by atoms with Gasteiger partial charge in [0.2, 0.25) is 0 Å². The van der Waals surface area contributed by atoms with Crippen LogP contribution in [0, 0.1) is 0 Å².